The number of hydrogen-bond donors (Lipinski definition) is 1. The fourth-order valence-corrected chi connectivity index (χ4v) is 3.88. The van der Waals surface area contributed by atoms with Gasteiger partial charge in [-0.15, -0.1) is 0 Å². The summed E-state index contributed by atoms with van der Waals surface area (Å²) in [6.07, 6.45) is 2.88. The van der Waals surface area contributed by atoms with E-state index in [4.69, 9.17) is 0 Å². The summed E-state index contributed by atoms with van der Waals surface area (Å²) in [6, 6.07) is 3.89. The zero-order valence-electron chi connectivity index (χ0n) is 10.9. The standard InChI is InChI=1S/C12H15BrN2O4S/c1-2-12(5-6-12)8-14-20(18,19)11-7-9(13)3-4-10(11)15(16)17/h3-4,7,14H,2,5-6,8H2,1H3. The van der Waals surface area contributed by atoms with Crippen LogP contribution in [0.5, 0.6) is 0 Å². The van der Waals surface area contributed by atoms with Gasteiger partial charge in [0.15, 0.2) is 4.90 Å². The Balaban J connectivity index is 2.29. The number of sulfonamides is 1. The smallest absolute Gasteiger partial charge is 0.258 e. The Morgan fingerprint density at radius 3 is 2.60 bits per heavy atom. The number of nitro benzene ring substituents is 1. The first-order chi connectivity index (χ1) is 9.30. The Labute approximate surface area is 125 Å². The van der Waals surface area contributed by atoms with Crippen LogP contribution in [0.3, 0.4) is 0 Å². The lowest BCUT2D eigenvalue weighted by atomic mass is 10.1. The van der Waals surface area contributed by atoms with Gasteiger partial charge < -0.3 is 0 Å². The third-order valence-corrected chi connectivity index (χ3v) is 5.68. The normalized spacial score (nSPS) is 16.9. The number of nitro groups is 1. The van der Waals surface area contributed by atoms with Gasteiger partial charge in [-0.1, -0.05) is 22.9 Å². The second kappa shape index (κ2) is 5.42. The summed E-state index contributed by atoms with van der Waals surface area (Å²) >= 11 is 3.14. The SMILES string of the molecule is CCC1(CNS(=O)(=O)c2cc(Br)ccc2[N+](=O)[O-])CC1. The highest BCUT2D eigenvalue weighted by Gasteiger charge is 2.41. The van der Waals surface area contributed by atoms with Crippen LogP contribution in [0.1, 0.15) is 26.2 Å². The van der Waals surface area contributed by atoms with Gasteiger partial charge >= 0.3 is 0 Å². The van der Waals surface area contributed by atoms with Crippen LogP contribution in [0, 0.1) is 15.5 Å². The van der Waals surface area contributed by atoms with Crippen LogP contribution in [0.2, 0.25) is 0 Å². The number of nitrogens with zero attached hydrogens (tertiary/aromatic N) is 1. The molecule has 6 nitrogen and oxygen atoms in total. The molecule has 1 aliphatic carbocycles. The van der Waals surface area contributed by atoms with Crippen molar-refractivity contribution in [3.05, 3.63) is 32.8 Å². The molecule has 8 heteroatoms. The zero-order valence-corrected chi connectivity index (χ0v) is 13.3. The maximum Gasteiger partial charge on any atom is 0.289 e. The van der Waals surface area contributed by atoms with Crippen LogP contribution >= 0.6 is 15.9 Å². The van der Waals surface area contributed by atoms with Crippen molar-refractivity contribution in [2.75, 3.05) is 6.54 Å². The number of benzene rings is 1. The maximum absolute atomic E-state index is 12.3. The zero-order chi connectivity index (χ0) is 15.0. The molecule has 0 radical (unpaired) electrons. The highest BCUT2D eigenvalue weighted by atomic mass is 79.9. The molecule has 1 N–H and O–H groups in total. The summed E-state index contributed by atoms with van der Waals surface area (Å²) in [7, 11) is -3.88. The molecular formula is C12H15BrN2O4S. The molecule has 1 aromatic rings. The summed E-state index contributed by atoms with van der Waals surface area (Å²) < 4.78 is 27.5. The van der Waals surface area contributed by atoms with Crippen molar-refractivity contribution < 1.29 is 13.3 Å². The second-order valence-corrected chi connectivity index (χ2v) is 7.70. The lowest BCUT2D eigenvalue weighted by Crippen LogP contribution is -2.30. The quantitative estimate of drug-likeness (QED) is 0.622. The van der Waals surface area contributed by atoms with E-state index < -0.39 is 20.6 Å². The topological polar surface area (TPSA) is 89.3 Å². The molecule has 0 aliphatic heterocycles. The average Bonchev–Trinajstić information content (AvgIpc) is 3.17. The molecule has 110 valence electrons. The predicted octanol–water partition coefficient (Wildman–Crippen LogP) is 2.83. The first-order valence-corrected chi connectivity index (χ1v) is 8.51. The number of halogens is 1. The lowest BCUT2D eigenvalue weighted by molar-refractivity contribution is -0.387. The van der Waals surface area contributed by atoms with Gasteiger partial charge in [-0.2, -0.15) is 0 Å². The molecule has 0 bridgehead atoms. The van der Waals surface area contributed by atoms with Gasteiger partial charge in [-0.3, -0.25) is 10.1 Å². The van der Waals surface area contributed by atoms with Gasteiger partial charge in [0.25, 0.3) is 5.69 Å². The minimum absolute atomic E-state index is 0.0356. The first kappa shape index (κ1) is 15.4. The number of hydrogen-bond acceptors (Lipinski definition) is 4. The number of rotatable bonds is 6. The largest absolute Gasteiger partial charge is 0.289 e. The van der Waals surface area contributed by atoms with Gasteiger partial charge in [0, 0.05) is 17.1 Å². The molecular weight excluding hydrogens is 348 g/mol. The van der Waals surface area contributed by atoms with E-state index in [-0.39, 0.29) is 10.3 Å². The van der Waals surface area contributed by atoms with E-state index >= 15 is 0 Å². The first-order valence-electron chi connectivity index (χ1n) is 6.23. The van der Waals surface area contributed by atoms with Crippen LogP contribution in [-0.2, 0) is 10.0 Å². The van der Waals surface area contributed by atoms with Gasteiger partial charge in [0.05, 0.1) is 4.92 Å². The Morgan fingerprint density at radius 1 is 1.45 bits per heavy atom. The van der Waals surface area contributed by atoms with E-state index in [1.54, 1.807) is 0 Å². The van der Waals surface area contributed by atoms with Crippen LogP contribution in [0.15, 0.2) is 27.6 Å². The minimum atomic E-state index is -3.88. The van der Waals surface area contributed by atoms with Gasteiger partial charge in [-0.25, -0.2) is 13.1 Å². The lowest BCUT2D eigenvalue weighted by Gasteiger charge is -2.14. The molecule has 0 amide bonds. The third kappa shape index (κ3) is 3.18. The Bertz CT molecular complexity index is 641. The monoisotopic (exact) mass is 362 g/mol. The van der Waals surface area contributed by atoms with Crippen LogP contribution in [0.25, 0.3) is 0 Å². The molecule has 0 unspecified atom stereocenters. The molecule has 20 heavy (non-hydrogen) atoms. The minimum Gasteiger partial charge on any atom is -0.258 e. The fourth-order valence-electron chi connectivity index (χ4n) is 2.01. The van der Waals surface area contributed by atoms with Crippen molar-refractivity contribution in [2.24, 2.45) is 5.41 Å². The molecule has 0 heterocycles. The van der Waals surface area contributed by atoms with E-state index in [1.807, 2.05) is 6.92 Å². The highest BCUT2D eigenvalue weighted by molar-refractivity contribution is 9.10. The Hall–Kier alpha value is -0.990. The average molecular weight is 363 g/mol. The molecule has 1 aromatic carbocycles. The van der Waals surface area contributed by atoms with E-state index in [9.17, 15) is 18.5 Å². The Morgan fingerprint density at radius 2 is 2.10 bits per heavy atom. The van der Waals surface area contributed by atoms with E-state index in [1.165, 1.54) is 18.2 Å². The van der Waals surface area contributed by atoms with Crippen molar-refractivity contribution in [3.8, 4) is 0 Å². The Kier molecular flexibility index (Phi) is 4.17. The van der Waals surface area contributed by atoms with Crippen molar-refractivity contribution in [2.45, 2.75) is 31.1 Å². The summed E-state index contributed by atoms with van der Waals surface area (Å²) in [5, 5.41) is 10.9. The second-order valence-electron chi connectivity index (χ2n) is 5.05. The van der Waals surface area contributed by atoms with Gasteiger partial charge in [0.1, 0.15) is 0 Å². The van der Waals surface area contributed by atoms with Crippen LogP contribution < -0.4 is 4.72 Å². The van der Waals surface area contributed by atoms with Crippen molar-refractivity contribution in [1.29, 1.82) is 0 Å². The molecule has 0 spiro atoms. The van der Waals surface area contributed by atoms with Gasteiger partial charge in [-0.05, 0) is 36.8 Å². The fraction of sp³-hybridized carbons (Fsp3) is 0.500. The molecule has 0 aromatic heterocycles. The molecule has 0 saturated heterocycles. The van der Waals surface area contributed by atoms with Crippen LogP contribution in [0.4, 0.5) is 5.69 Å². The summed E-state index contributed by atoms with van der Waals surface area (Å²) in [4.78, 5) is 9.96. The summed E-state index contributed by atoms with van der Waals surface area (Å²) in [6.45, 7) is 2.35. The third-order valence-electron chi connectivity index (χ3n) is 3.75. The highest BCUT2D eigenvalue weighted by Crippen LogP contribution is 2.48. The van der Waals surface area contributed by atoms with Crippen molar-refractivity contribution in [1.82, 2.24) is 4.72 Å². The van der Waals surface area contributed by atoms with E-state index in [0.29, 0.717) is 11.0 Å². The molecule has 1 aliphatic rings. The molecule has 1 saturated carbocycles. The van der Waals surface area contributed by atoms with Crippen molar-refractivity contribution >= 4 is 31.6 Å². The summed E-state index contributed by atoms with van der Waals surface area (Å²) in [5.41, 5.74) is -0.379. The molecule has 0 atom stereocenters. The van der Waals surface area contributed by atoms with E-state index in [0.717, 1.165) is 19.3 Å². The molecule has 1 fully saturated rings. The maximum atomic E-state index is 12.3. The van der Waals surface area contributed by atoms with Gasteiger partial charge in [0.2, 0.25) is 10.0 Å². The molecule has 2 rings (SSSR count). The van der Waals surface area contributed by atoms with E-state index in [2.05, 4.69) is 20.7 Å². The number of nitrogens with one attached hydrogen (secondary N) is 1. The van der Waals surface area contributed by atoms with Crippen LogP contribution in [-0.4, -0.2) is 19.9 Å². The van der Waals surface area contributed by atoms with Crippen molar-refractivity contribution in [3.63, 3.8) is 0 Å². The predicted molar refractivity (Wildman–Crippen MR) is 77.9 cm³/mol. The summed E-state index contributed by atoms with van der Waals surface area (Å²) in [5.74, 6) is 0.